The van der Waals surface area contributed by atoms with E-state index in [1.54, 1.807) is 0 Å². The number of nitrogens with zero attached hydrogens (tertiary/aromatic N) is 3. The highest BCUT2D eigenvalue weighted by Crippen LogP contribution is 2.30. The average molecular weight is 328 g/mol. The first kappa shape index (κ1) is 18.6. The third-order valence-corrected chi connectivity index (χ3v) is 4.68. The van der Waals surface area contributed by atoms with Gasteiger partial charge in [0.25, 0.3) is 0 Å². The lowest BCUT2D eigenvalue weighted by molar-refractivity contribution is 0.656. The molecule has 24 heavy (non-hydrogen) atoms. The SMILES string of the molecule is CCCCCCC.CN1CCCc2cc(-c3cnn(C)c3)ccc21. The molecule has 0 unspecified atom stereocenters. The fourth-order valence-electron chi connectivity index (χ4n) is 3.21. The molecular formula is C21H33N3. The lowest BCUT2D eigenvalue weighted by atomic mass is 9.98. The molecule has 132 valence electrons. The molecule has 0 spiro atoms. The average Bonchev–Trinajstić information content (AvgIpc) is 3.02. The Hall–Kier alpha value is -1.77. The van der Waals surface area contributed by atoms with Gasteiger partial charge >= 0.3 is 0 Å². The highest BCUT2D eigenvalue weighted by Gasteiger charge is 2.14. The second-order valence-corrected chi connectivity index (χ2v) is 6.83. The number of benzene rings is 1. The number of hydrogen-bond acceptors (Lipinski definition) is 2. The molecule has 0 saturated carbocycles. The van der Waals surface area contributed by atoms with E-state index in [1.807, 2.05) is 17.9 Å². The van der Waals surface area contributed by atoms with E-state index < -0.39 is 0 Å². The molecule has 1 aliphatic heterocycles. The molecule has 2 heterocycles. The van der Waals surface area contributed by atoms with Crippen LogP contribution in [0.4, 0.5) is 5.69 Å². The third kappa shape index (κ3) is 5.12. The summed E-state index contributed by atoms with van der Waals surface area (Å²) < 4.78 is 1.85. The lowest BCUT2D eigenvalue weighted by Gasteiger charge is -2.27. The molecule has 0 fully saturated rings. The smallest absolute Gasteiger partial charge is 0.0568 e. The Labute approximate surface area is 147 Å². The summed E-state index contributed by atoms with van der Waals surface area (Å²) in [5, 5.41) is 4.23. The zero-order valence-corrected chi connectivity index (χ0v) is 15.9. The fraction of sp³-hybridized carbons (Fsp3) is 0.571. The summed E-state index contributed by atoms with van der Waals surface area (Å²) in [5.74, 6) is 0. The lowest BCUT2D eigenvalue weighted by Crippen LogP contribution is -2.24. The van der Waals surface area contributed by atoms with Crippen molar-refractivity contribution in [1.29, 1.82) is 0 Å². The van der Waals surface area contributed by atoms with Crippen LogP contribution in [-0.4, -0.2) is 23.4 Å². The first-order chi connectivity index (χ1) is 11.7. The summed E-state index contributed by atoms with van der Waals surface area (Å²) in [6.45, 7) is 5.66. The number of anilines is 1. The van der Waals surface area contributed by atoms with Crippen LogP contribution in [0.3, 0.4) is 0 Å². The van der Waals surface area contributed by atoms with Crippen molar-refractivity contribution in [1.82, 2.24) is 9.78 Å². The van der Waals surface area contributed by atoms with Gasteiger partial charge in [0, 0.05) is 38.1 Å². The first-order valence-electron chi connectivity index (χ1n) is 9.48. The summed E-state index contributed by atoms with van der Waals surface area (Å²) in [5.41, 5.74) is 5.31. The van der Waals surface area contributed by atoms with Gasteiger partial charge in [-0.3, -0.25) is 4.68 Å². The van der Waals surface area contributed by atoms with Gasteiger partial charge in [0.15, 0.2) is 0 Å². The molecule has 3 heteroatoms. The Bertz CT molecular complexity index is 611. The standard InChI is InChI=1S/C14H17N3.C7H16/c1-16-7-3-4-12-8-11(5-6-14(12)16)13-9-15-17(2)10-13;1-3-5-7-6-4-2/h5-6,8-10H,3-4,7H2,1-2H3;3-7H2,1-2H3. The molecule has 3 nitrogen and oxygen atoms in total. The van der Waals surface area contributed by atoms with Crippen molar-refractivity contribution in [2.75, 3.05) is 18.5 Å². The van der Waals surface area contributed by atoms with Crippen molar-refractivity contribution in [3.05, 3.63) is 36.2 Å². The van der Waals surface area contributed by atoms with Crippen molar-refractivity contribution < 1.29 is 0 Å². The highest BCUT2D eigenvalue weighted by molar-refractivity contribution is 5.68. The minimum atomic E-state index is 1.17. The van der Waals surface area contributed by atoms with E-state index >= 15 is 0 Å². The van der Waals surface area contributed by atoms with E-state index in [0.29, 0.717) is 0 Å². The van der Waals surface area contributed by atoms with Crippen LogP contribution in [0, 0.1) is 0 Å². The zero-order valence-electron chi connectivity index (χ0n) is 15.9. The molecule has 0 saturated heterocycles. The maximum Gasteiger partial charge on any atom is 0.0568 e. The van der Waals surface area contributed by atoms with Crippen molar-refractivity contribution in [2.45, 2.75) is 58.8 Å². The zero-order chi connectivity index (χ0) is 17.4. The quantitative estimate of drug-likeness (QED) is 0.681. The summed E-state index contributed by atoms with van der Waals surface area (Å²) in [4.78, 5) is 2.34. The van der Waals surface area contributed by atoms with Crippen LogP contribution in [0.15, 0.2) is 30.6 Å². The van der Waals surface area contributed by atoms with Crippen molar-refractivity contribution in [2.24, 2.45) is 7.05 Å². The van der Waals surface area contributed by atoms with Crippen LogP contribution < -0.4 is 4.90 Å². The Balaban J connectivity index is 0.000000256. The Kier molecular flexibility index (Phi) is 7.36. The number of rotatable bonds is 5. The summed E-state index contributed by atoms with van der Waals surface area (Å²) in [6, 6.07) is 6.73. The maximum absolute atomic E-state index is 4.23. The predicted octanol–water partition coefficient (Wildman–Crippen LogP) is 5.45. The van der Waals surface area contributed by atoms with Gasteiger partial charge < -0.3 is 4.90 Å². The first-order valence-corrected chi connectivity index (χ1v) is 9.48. The minimum Gasteiger partial charge on any atom is -0.374 e. The van der Waals surface area contributed by atoms with Crippen LogP contribution in [0.2, 0.25) is 0 Å². The number of hydrogen-bond donors (Lipinski definition) is 0. The van der Waals surface area contributed by atoms with Gasteiger partial charge in [-0.1, -0.05) is 52.0 Å². The molecule has 0 N–H and O–H groups in total. The van der Waals surface area contributed by atoms with E-state index in [1.165, 1.54) is 73.9 Å². The highest BCUT2D eigenvalue weighted by atomic mass is 15.2. The van der Waals surface area contributed by atoms with Crippen LogP contribution >= 0.6 is 0 Å². The predicted molar refractivity (Wildman–Crippen MR) is 105 cm³/mol. The second kappa shape index (κ2) is 9.51. The van der Waals surface area contributed by atoms with E-state index in [0.717, 1.165) is 0 Å². The number of aromatic nitrogens is 2. The van der Waals surface area contributed by atoms with Crippen molar-refractivity contribution in [3.8, 4) is 11.1 Å². The molecule has 1 aromatic heterocycles. The molecule has 0 amide bonds. The molecule has 3 rings (SSSR count). The van der Waals surface area contributed by atoms with Gasteiger partial charge in [-0.2, -0.15) is 5.10 Å². The third-order valence-electron chi connectivity index (χ3n) is 4.68. The number of fused-ring (bicyclic) bond motifs is 1. The Morgan fingerprint density at radius 3 is 2.38 bits per heavy atom. The summed E-state index contributed by atoms with van der Waals surface area (Å²) in [7, 11) is 4.12. The maximum atomic E-state index is 4.23. The van der Waals surface area contributed by atoms with Gasteiger partial charge in [0.1, 0.15) is 0 Å². The van der Waals surface area contributed by atoms with Crippen LogP contribution in [0.25, 0.3) is 11.1 Å². The Morgan fingerprint density at radius 1 is 1.00 bits per heavy atom. The summed E-state index contributed by atoms with van der Waals surface area (Å²) in [6.07, 6.45) is 13.4. The largest absolute Gasteiger partial charge is 0.374 e. The monoisotopic (exact) mass is 327 g/mol. The van der Waals surface area contributed by atoms with Crippen LogP contribution in [-0.2, 0) is 13.5 Å². The van der Waals surface area contributed by atoms with Crippen LogP contribution in [0.5, 0.6) is 0 Å². The van der Waals surface area contributed by atoms with Crippen LogP contribution in [0.1, 0.15) is 57.9 Å². The van der Waals surface area contributed by atoms with Gasteiger partial charge in [-0.15, -0.1) is 0 Å². The molecule has 0 atom stereocenters. The van der Waals surface area contributed by atoms with Crippen molar-refractivity contribution in [3.63, 3.8) is 0 Å². The number of aryl methyl sites for hydroxylation is 2. The van der Waals surface area contributed by atoms with E-state index in [-0.39, 0.29) is 0 Å². The topological polar surface area (TPSA) is 21.1 Å². The molecule has 0 bridgehead atoms. The molecule has 1 aliphatic rings. The van der Waals surface area contributed by atoms with Gasteiger partial charge in [-0.25, -0.2) is 0 Å². The molecule has 1 aromatic carbocycles. The van der Waals surface area contributed by atoms with Gasteiger partial charge in [-0.05, 0) is 36.1 Å². The Morgan fingerprint density at radius 2 is 1.75 bits per heavy atom. The molecule has 0 radical (unpaired) electrons. The molecular weight excluding hydrogens is 294 g/mol. The summed E-state index contributed by atoms with van der Waals surface area (Å²) >= 11 is 0. The second-order valence-electron chi connectivity index (χ2n) is 6.83. The van der Waals surface area contributed by atoms with Gasteiger partial charge in [0.2, 0.25) is 0 Å². The van der Waals surface area contributed by atoms with Gasteiger partial charge in [0.05, 0.1) is 6.20 Å². The van der Waals surface area contributed by atoms with E-state index in [9.17, 15) is 0 Å². The fourth-order valence-corrected chi connectivity index (χ4v) is 3.21. The minimum absolute atomic E-state index is 1.17. The normalized spacial score (nSPS) is 13.2. The number of unbranched alkanes of at least 4 members (excludes halogenated alkanes) is 4. The van der Waals surface area contributed by atoms with E-state index in [4.69, 9.17) is 0 Å². The van der Waals surface area contributed by atoms with E-state index in [2.05, 4.69) is 55.3 Å². The molecule has 0 aliphatic carbocycles. The molecule has 2 aromatic rings. The van der Waals surface area contributed by atoms with Crippen molar-refractivity contribution >= 4 is 5.69 Å².